The molecule has 9 nitrogen and oxygen atoms in total. The Morgan fingerprint density at radius 3 is 2.57 bits per heavy atom. The van der Waals surface area contributed by atoms with Crippen molar-refractivity contribution in [1.29, 1.82) is 0 Å². The topological polar surface area (TPSA) is 122 Å². The van der Waals surface area contributed by atoms with Crippen molar-refractivity contribution in [2.45, 2.75) is 4.90 Å². The van der Waals surface area contributed by atoms with Crippen molar-refractivity contribution in [3.63, 3.8) is 0 Å². The van der Waals surface area contributed by atoms with Crippen LogP contribution < -0.4 is 10.1 Å². The van der Waals surface area contributed by atoms with Crippen molar-refractivity contribution in [3.8, 4) is 0 Å². The molecule has 0 saturated heterocycles. The first-order chi connectivity index (χ1) is 9.63. The normalized spacial score (nSPS) is 11.4. The minimum absolute atomic E-state index is 0.177. The van der Waals surface area contributed by atoms with Gasteiger partial charge in [0.2, 0.25) is 15.9 Å². The quantitative estimate of drug-likeness (QED) is 0.562. The fraction of sp³-hybridized carbons (Fsp3) is 0.300. The number of nitrogens with one attached hydrogen (secondary N) is 2. The lowest BCUT2D eigenvalue weighted by atomic mass is 10.3. The van der Waals surface area contributed by atoms with Crippen LogP contribution in [0.4, 0.5) is 5.69 Å². The summed E-state index contributed by atoms with van der Waals surface area (Å²) >= 11 is 5.60. The first-order valence-electron chi connectivity index (χ1n) is 5.54. The van der Waals surface area contributed by atoms with E-state index in [1.165, 1.54) is 5.01 Å². The van der Waals surface area contributed by atoms with Gasteiger partial charge in [-0.3, -0.25) is 20.3 Å². The molecule has 0 aliphatic carbocycles. The van der Waals surface area contributed by atoms with Gasteiger partial charge < -0.3 is 0 Å². The molecule has 0 saturated carbocycles. The minimum Gasteiger partial charge on any atom is -0.288 e. The summed E-state index contributed by atoms with van der Waals surface area (Å²) in [5.74, 6) is -0.577. The van der Waals surface area contributed by atoms with Gasteiger partial charge in [0.25, 0.3) is 5.69 Å². The highest BCUT2D eigenvalue weighted by molar-refractivity contribution is 7.89. The van der Waals surface area contributed by atoms with Gasteiger partial charge in [0.15, 0.2) is 0 Å². The highest BCUT2D eigenvalue weighted by Gasteiger charge is 2.21. The van der Waals surface area contributed by atoms with Gasteiger partial charge in [-0.2, -0.15) is 0 Å². The lowest BCUT2D eigenvalue weighted by Gasteiger charge is -2.12. The van der Waals surface area contributed by atoms with Crippen molar-refractivity contribution >= 4 is 33.2 Å². The predicted octanol–water partition coefficient (Wildman–Crippen LogP) is 0.119. The van der Waals surface area contributed by atoms with E-state index in [0.717, 1.165) is 18.2 Å². The summed E-state index contributed by atoms with van der Waals surface area (Å²) in [6.45, 7) is -0.503. The number of carbonyl (C=O) groups is 1. The molecule has 0 atom stereocenters. The molecule has 0 fully saturated rings. The average Bonchev–Trinajstić information content (AvgIpc) is 2.35. The van der Waals surface area contributed by atoms with Gasteiger partial charge in [0, 0.05) is 20.2 Å². The number of nitrogens with zero attached hydrogens (tertiary/aromatic N) is 2. The Hall–Kier alpha value is -1.75. The standard InChI is InChI=1S/C10H13ClN4O5S/c1-14(2)13-10(16)6-12-21(19,20)7-3-4-8(11)9(5-7)15(17)18/h3-5,12H,6H2,1-2H3,(H,13,16). The number of sulfonamides is 1. The number of hydrogen-bond donors (Lipinski definition) is 2. The lowest BCUT2D eigenvalue weighted by molar-refractivity contribution is -0.384. The third-order valence-corrected chi connectivity index (χ3v) is 3.91. The zero-order valence-electron chi connectivity index (χ0n) is 11.2. The van der Waals surface area contributed by atoms with Crippen molar-refractivity contribution in [1.82, 2.24) is 15.2 Å². The number of benzene rings is 1. The third-order valence-electron chi connectivity index (χ3n) is 2.20. The summed E-state index contributed by atoms with van der Waals surface area (Å²) in [4.78, 5) is 20.9. The zero-order chi connectivity index (χ0) is 16.2. The molecular formula is C10H13ClN4O5S. The molecule has 1 aromatic rings. The second-order valence-corrected chi connectivity index (χ2v) is 6.30. The molecule has 0 unspecified atom stereocenters. The molecule has 0 aliphatic rings. The summed E-state index contributed by atoms with van der Waals surface area (Å²) in [6.07, 6.45) is 0. The summed E-state index contributed by atoms with van der Waals surface area (Å²) in [5.41, 5.74) is 1.81. The molecule has 1 amide bonds. The van der Waals surface area contributed by atoms with Gasteiger partial charge in [-0.25, -0.2) is 18.1 Å². The molecule has 0 spiro atoms. The number of hydrogen-bond acceptors (Lipinski definition) is 6. The Labute approximate surface area is 126 Å². The van der Waals surface area contributed by atoms with E-state index in [1.54, 1.807) is 14.1 Å². The van der Waals surface area contributed by atoms with E-state index in [4.69, 9.17) is 11.6 Å². The molecule has 0 bridgehead atoms. The minimum atomic E-state index is -4.06. The van der Waals surface area contributed by atoms with Crippen LogP contribution in [0, 0.1) is 10.1 Å². The number of halogens is 1. The molecule has 2 N–H and O–H groups in total. The number of nitro groups is 1. The van der Waals surface area contributed by atoms with Gasteiger partial charge in [-0.1, -0.05) is 11.6 Å². The van der Waals surface area contributed by atoms with E-state index >= 15 is 0 Å². The van der Waals surface area contributed by atoms with E-state index in [9.17, 15) is 23.3 Å². The second-order valence-electron chi connectivity index (χ2n) is 4.12. The summed E-state index contributed by atoms with van der Waals surface area (Å²) in [7, 11) is -0.927. The van der Waals surface area contributed by atoms with Crippen LogP contribution >= 0.6 is 11.6 Å². The first-order valence-corrected chi connectivity index (χ1v) is 7.40. The molecule has 0 heterocycles. The number of rotatable bonds is 6. The monoisotopic (exact) mass is 336 g/mol. The lowest BCUT2D eigenvalue weighted by Crippen LogP contribution is -2.42. The maximum Gasteiger partial charge on any atom is 0.289 e. The van der Waals surface area contributed by atoms with Crippen molar-refractivity contribution in [2.24, 2.45) is 0 Å². The fourth-order valence-corrected chi connectivity index (χ4v) is 2.52. The van der Waals surface area contributed by atoms with Crippen LogP contribution in [0.3, 0.4) is 0 Å². The van der Waals surface area contributed by atoms with Gasteiger partial charge >= 0.3 is 0 Å². The summed E-state index contributed by atoms with van der Waals surface area (Å²) in [5, 5.41) is 11.9. The van der Waals surface area contributed by atoms with E-state index in [1.807, 2.05) is 4.72 Å². The fourth-order valence-electron chi connectivity index (χ4n) is 1.33. The first kappa shape index (κ1) is 17.3. The van der Waals surface area contributed by atoms with Gasteiger partial charge in [0.05, 0.1) is 16.4 Å². The third kappa shape index (κ3) is 4.93. The molecule has 0 radical (unpaired) electrons. The van der Waals surface area contributed by atoms with Crippen LogP contribution in [-0.4, -0.2) is 44.9 Å². The number of amides is 1. The molecule has 0 aromatic heterocycles. The molecule has 1 rings (SSSR count). The van der Waals surface area contributed by atoms with Crippen LogP contribution in [0.2, 0.25) is 5.02 Å². The number of carbonyl (C=O) groups excluding carboxylic acids is 1. The molecular weight excluding hydrogens is 324 g/mol. The second kappa shape index (κ2) is 6.80. The Bertz CT molecular complexity index is 661. The molecule has 11 heteroatoms. The van der Waals surface area contributed by atoms with E-state index < -0.39 is 33.1 Å². The van der Waals surface area contributed by atoms with E-state index in [-0.39, 0.29) is 9.92 Å². The van der Waals surface area contributed by atoms with Crippen LogP contribution in [0.1, 0.15) is 0 Å². The molecule has 21 heavy (non-hydrogen) atoms. The number of hydrazine groups is 1. The SMILES string of the molecule is CN(C)NC(=O)CNS(=O)(=O)c1ccc(Cl)c([N+](=O)[O-])c1. The Kier molecular flexibility index (Phi) is 5.61. The molecule has 116 valence electrons. The maximum absolute atomic E-state index is 11.9. The molecule has 1 aromatic carbocycles. The van der Waals surface area contributed by atoms with Crippen LogP contribution in [0.5, 0.6) is 0 Å². The summed E-state index contributed by atoms with van der Waals surface area (Å²) < 4.78 is 25.9. The van der Waals surface area contributed by atoms with E-state index in [2.05, 4.69) is 5.43 Å². The van der Waals surface area contributed by atoms with E-state index in [0.29, 0.717) is 0 Å². The molecule has 0 aliphatic heterocycles. The smallest absolute Gasteiger partial charge is 0.288 e. The Morgan fingerprint density at radius 1 is 1.43 bits per heavy atom. The van der Waals surface area contributed by atoms with Crippen molar-refractivity contribution in [3.05, 3.63) is 33.3 Å². The summed E-state index contributed by atoms with van der Waals surface area (Å²) in [6, 6.07) is 3.05. The highest BCUT2D eigenvalue weighted by atomic mass is 35.5. The van der Waals surface area contributed by atoms with Crippen LogP contribution in [0.25, 0.3) is 0 Å². The largest absolute Gasteiger partial charge is 0.289 e. The zero-order valence-corrected chi connectivity index (χ0v) is 12.7. The average molecular weight is 337 g/mol. The Balaban J connectivity index is 2.91. The highest BCUT2D eigenvalue weighted by Crippen LogP contribution is 2.26. The van der Waals surface area contributed by atoms with Crippen molar-refractivity contribution < 1.29 is 18.1 Å². The predicted molar refractivity (Wildman–Crippen MR) is 75.1 cm³/mol. The van der Waals surface area contributed by atoms with Crippen molar-refractivity contribution in [2.75, 3.05) is 20.6 Å². The van der Waals surface area contributed by atoms with Gasteiger partial charge in [-0.15, -0.1) is 0 Å². The van der Waals surface area contributed by atoms with Crippen LogP contribution in [-0.2, 0) is 14.8 Å². The Morgan fingerprint density at radius 2 is 2.05 bits per heavy atom. The maximum atomic E-state index is 11.9. The van der Waals surface area contributed by atoms with Gasteiger partial charge in [0.1, 0.15) is 5.02 Å². The van der Waals surface area contributed by atoms with Gasteiger partial charge in [-0.05, 0) is 12.1 Å². The van der Waals surface area contributed by atoms with Crippen LogP contribution in [0.15, 0.2) is 23.1 Å². The number of nitro benzene ring substituents is 1.